The number of amides is 1. The Balaban J connectivity index is 2.77. The van der Waals surface area contributed by atoms with Gasteiger partial charge in [0.05, 0.1) is 11.5 Å². The van der Waals surface area contributed by atoms with Gasteiger partial charge in [0.1, 0.15) is 0 Å². The van der Waals surface area contributed by atoms with Gasteiger partial charge in [-0.05, 0) is 30.2 Å². The number of nitrogens with one attached hydrogen (secondary N) is 2. The fraction of sp³-hybridized carbons (Fsp3) is 0.462. The smallest absolute Gasteiger partial charge is 0.251 e. The predicted octanol–water partition coefficient (Wildman–Crippen LogP) is 0.343. The Morgan fingerprint density at radius 3 is 2.35 bits per heavy atom. The van der Waals surface area contributed by atoms with Crippen molar-refractivity contribution < 1.29 is 18.3 Å². The zero-order chi connectivity index (χ0) is 15.2. The number of aliphatic hydroxyl groups excluding tert-OH is 1. The number of carbonyl (C=O) groups is 1. The molecule has 1 aromatic rings. The first-order valence-electron chi connectivity index (χ1n) is 6.35. The average Bonchev–Trinajstić information content (AvgIpc) is 2.43. The summed E-state index contributed by atoms with van der Waals surface area (Å²) in [4.78, 5) is 11.7. The molecule has 0 radical (unpaired) electrons. The second-order valence-electron chi connectivity index (χ2n) is 4.75. The molecule has 6 nitrogen and oxygen atoms in total. The molecule has 0 unspecified atom stereocenters. The molecule has 3 N–H and O–H groups in total. The maximum absolute atomic E-state index is 11.9. The van der Waals surface area contributed by atoms with E-state index in [2.05, 4.69) is 10.0 Å². The van der Waals surface area contributed by atoms with Crippen LogP contribution in [0.2, 0.25) is 0 Å². The standard InChI is InChI=1S/C13H20N2O4S/c1-10(2)9-15-20(18,19)12-5-3-11(4-6-12)13(17)14-7-8-16/h3-6,10,15-16H,7-9H2,1-2H3,(H,14,17). The van der Waals surface area contributed by atoms with Crippen LogP contribution in [-0.4, -0.2) is 39.1 Å². The second-order valence-corrected chi connectivity index (χ2v) is 6.52. The van der Waals surface area contributed by atoms with Crippen LogP contribution in [0.5, 0.6) is 0 Å². The predicted molar refractivity (Wildman–Crippen MR) is 75.9 cm³/mol. The van der Waals surface area contributed by atoms with Crippen LogP contribution in [0.15, 0.2) is 29.2 Å². The molecule has 0 saturated heterocycles. The van der Waals surface area contributed by atoms with Gasteiger partial charge in [-0.2, -0.15) is 0 Å². The minimum atomic E-state index is -3.54. The quantitative estimate of drug-likeness (QED) is 0.677. The van der Waals surface area contributed by atoms with Gasteiger partial charge in [0.25, 0.3) is 5.91 Å². The largest absolute Gasteiger partial charge is 0.395 e. The van der Waals surface area contributed by atoms with Crippen molar-refractivity contribution in [2.24, 2.45) is 5.92 Å². The van der Waals surface area contributed by atoms with Crippen LogP contribution in [0.4, 0.5) is 0 Å². The third kappa shape index (κ3) is 4.92. The summed E-state index contributed by atoms with van der Waals surface area (Å²) in [5.41, 5.74) is 0.348. The van der Waals surface area contributed by atoms with Gasteiger partial charge < -0.3 is 10.4 Å². The molecule has 0 aromatic heterocycles. The summed E-state index contributed by atoms with van der Waals surface area (Å²) in [5.74, 6) is -0.133. The molecule has 1 rings (SSSR count). The SMILES string of the molecule is CC(C)CNS(=O)(=O)c1ccc(C(=O)NCCO)cc1. The summed E-state index contributed by atoms with van der Waals surface area (Å²) in [7, 11) is -3.54. The molecule has 7 heteroatoms. The highest BCUT2D eigenvalue weighted by atomic mass is 32.2. The van der Waals surface area contributed by atoms with Gasteiger partial charge in [0, 0.05) is 18.7 Å². The molecule has 0 spiro atoms. The van der Waals surface area contributed by atoms with Crippen LogP contribution in [0.1, 0.15) is 24.2 Å². The highest BCUT2D eigenvalue weighted by molar-refractivity contribution is 7.89. The van der Waals surface area contributed by atoms with E-state index >= 15 is 0 Å². The fourth-order valence-corrected chi connectivity index (χ4v) is 2.63. The Labute approximate surface area is 119 Å². The molecule has 0 saturated carbocycles. The van der Waals surface area contributed by atoms with Gasteiger partial charge in [0.2, 0.25) is 10.0 Å². The van der Waals surface area contributed by atoms with Crippen molar-refractivity contribution in [3.8, 4) is 0 Å². The Kier molecular flexibility index (Phi) is 6.12. The van der Waals surface area contributed by atoms with E-state index in [9.17, 15) is 13.2 Å². The highest BCUT2D eigenvalue weighted by Crippen LogP contribution is 2.11. The topological polar surface area (TPSA) is 95.5 Å². The highest BCUT2D eigenvalue weighted by Gasteiger charge is 2.14. The van der Waals surface area contributed by atoms with E-state index in [-0.39, 0.29) is 29.9 Å². The number of sulfonamides is 1. The molecule has 0 atom stereocenters. The van der Waals surface area contributed by atoms with Crippen molar-refractivity contribution >= 4 is 15.9 Å². The van der Waals surface area contributed by atoms with E-state index in [1.807, 2.05) is 13.8 Å². The maximum atomic E-state index is 11.9. The molecule has 112 valence electrons. The summed E-state index contributed by atoms with van der Waals surface area (Å²) in [6.07, 6.45) is 0. The van der Waals surface area contributed by atoms with Gasteiger partial charge in [-0.3, -0.25) is 4.79 Å². The normalized spacial score (nSPS) is 11.6. The lowest BCUT2D eigenvalue weighted by Crippen LogP contribution is -2.28. The van der Waals surface area contributed by atoms with Crippen molar-refractivity contribution in [3.63, 3.8) is 0 Å². The lowest BCUT2D eigenvalue weighted by atomic mass is 10.2. The number of rotatable bonds is 7. The van der Waals surface area contributed by atoms with Gasteiger partial charge in [-0.15, -0.1) is 0 Å². The van der Waals surface area contributed by atoms with Gasteiger partial charge in [-0.25, -0.2) is 13.1 Å². The van der Waals surface area contributed by atoms with E-state index in [4.69, 9.17) is 5.11 Å². The minimum Gasteiger partial charge on any atom is -0.395 e. The molecule has 1 amide bonds. The number of aliphatic hydroxyl groups is 1. The van der Waals surface area contributed by atoms with E-state index in [1.165, 1.54) is 24.3 Å². The lowest BCUT2D eigenvalue weighted by molar-refractivity contribution is 0.0944. The molecule has 0 aliphatic carbocycles. The third-order valence-electron chi connectivity index (χ3n) is 2.51. The van der Waals surface area contributed by atoms with Crippen LogP contribution in [0, 0.1) is 5.92 Å². The zero-order valence-electron chi connectivity index (χ0n) is 11.6. The summed E-state index contributed by atoms with van der Waals surface area (Å²) in [5, 5.41) is 11.1. The fourth-order valence-electron chi connectivity index (χ4n) is 1.42. The van der Waals surface area contributed by atoms with Crippen molar-refractivity contribution in [2.75, 3.05) is 19.7 Å². The first-order chi connectivity index (χ1) is 9.36. The molecule has 0 fully saturated rings. The molecular weight excluding hydrogens is 280 g/mol. The van der Waals surface area contributed by atoms with Gasteiger partial charge in [-0.1, -0.05) is 13.8 Å². The van der Waals surface area contributed by atoms with Crippen molar-refractivity contribution in [3.05, 3.63) is 29.8 Å². The van der Waals surface area contributed by atoms with E-state index in [0.29, 0.717) is 12.1 Å². The molecule has 0 aliphatic rings. The van der Waals surface area contributed by atoms with E-state index in [0.717, 1.165) is 0 Å². The molecule has 20 heavy (non-hydrogen) atoms. The molecular formula is C13H20N2O4S. The third-order valence-corrected chi connectivity index (χ3v) is 3.95. The molecule has 0 heterocycles. The maximum Gasteiger partial charge on any atom is 0.251 e. The lowest BCUT2D eigenvalue weighted by Gasteiger charge is -2.09. The first-order valence-corrected chi connectivity index (χ1v) is 7.84. The van der Waals surface area contributed by atoms with Gasteiger partial charge in [0.15, 0.2) is 0 Å². The summed E-state index contributed by atoms with van der Waals surface area (Å²) in [6, 6.07) is 5.65. The van der Waals surface area contributed by atoms with E-state index in [1.54, 1.807) is 0 Å². The molecule has 1 aromatic carbocycles. The number of hydrogen-bond acceptors (Lipinski definition) is 4. The second kappa shape index (κ2) is 7.37. The van der Waals surface area contributed by atoms with Crippen molar-refractivity contribution in [1.29, 1.82) is 0 Å². The Morgan fingerprint density at radius 1 is 1.25 bits per heavy atom. The summed E-state index contributed by atoms with van der Waals surface area (Å²) in [6.45, 7) is 4.21. The van der Waals surface area contributed by atoms with Crippen molar-refractivity contribution in [1.82, 2.24) is 10.0 Å². The van der Waals surface area contributed by atoms with Crippen LogP contribution in [-0.2, 0) is 10.0 Å². The average molecular weight is 300 g/mol. The molecule has 0 aliphatic heterocycles. The minimum absolute atomic E-state index is 0.122. The monoisotopic (exact) mass is 300 g/mol. The van der Waals surface area contributed by atoms with Crippen LogP contribution >= 0.6 is 0 Å². The molecule has 0 bridgehead atoms. The Morgan fingerprint density at radius 2 is 1.85 bits per heavy atom. The number of hydrogen-bond donors (Lipinski definition) is 3. The van der Waals surface area contributed by atoms with Crippen LogP contribution in [0.3, 0.4) is 0 Å². The van der Waals surface area contributed by atoms with Crippen molar-refractivity contribution in [2.45, 2.75) is 18.7 Å². The van der Waals surface area contributed by atoms with Crippen LogP contribution in [0.25, 0.3) is 0 Å². The van der Waals surface area contributed by atoms with Crippen LogP contribution < -0.4 is 10.0 Å². The summed E-state index contributed by atoms with van der Waals surface area (Å²) >= 11 is 0. The summed E-state index contributed by atoms with van der Waals surface area (Å²) < 4.78 is 26.4. The Bertz CT molecular complexity index is 538. The number of carbonyl (C=O) groups excluding carboxylic acids is 1. The Hall–Kier alpha value is -1.44. The number of benzene rings is 1. The zero-order valence-corrected chi connectivity index (χ0v) is 12.4. The van der Waals surface area contributed by atoms with Gasteiger partial charge >= 0.3 is 0 Å². The van der Waals surface area contributed by atoms with E-state index < -0.39 is 10.0 Å². The first kappa shape index (κ1) is 16.6.